The van der Waals surface area contributed by atoms with Crippen LogP contribution in [0, 0.1) is 23.5 Å². The summed E-state index contributed by atoms with van der Waals surface area (Å²) in [6.45, 7) is 3.91. The summed E-state index contributed by atoms with van der Waals surface area (Å²) in [6.07, 6.45) is 3.25. The second kappa shape index (κ2) is 9.53. The first-order valence-electron chi connectivity index (χ1n) is 10.6. The van der Waals surface area contributed by atoms with Gasteiger partial charge in [0, 0.05) is 57.3 Å². The van der Waals surface area contributed by atoms with Gasteiger partial charge in [-0.2, -0.15) is 0 Å². The summed E-state index contributed by atoms with van der Waals surface area (Å²) in [6, 6.07) is 2.94. The zero-order valence-corrected chi connectivity index (χ0v) is 17.6. The van der Waals surface area contributed by atoms with Crippen LogP contribution in [0.1, 0.15) is 39.0 Å². The molecular formula is C22H29F2N3O3. The van der Waals surface area contributed by atoms with Crippen molar-refractivity contribution < 1.29 is 23.2 Å². The summed E-state index contributed by atoms with van der Waals surface area (Å²) < 4.78 is 27.0. The summed E-state index contributed by atoms with van der Waals surface area (Å²) in [5.41, 5.74) is 0.132. The third-order valence-electron chi connectivity index (χ3n) is 6.01. The maximum atomic E-state index is 13.5. The molecule has 0 saturated carbocycles. The fraction of sp³-hybridized carbons (Fsp3) is 0.591. The summed E-state index contributed by atoms with van der Waals surface area (Å²) in [5, 5.41) is 0. The summed E-state index contributed by atoms with van der Waals surface area (Å²) in [7, 11) is 1.82. The Balaban J connectivity index is 1.55. The van der Waals surface area contributed by atoms with Gasteiger partial charge < -0.3 is 14.7 Å². The van der Waals surface area contributed by atoms with E-state index in [0.717, 1.165) is 37.6 Å². The van der Waals surface area contributed by atoms with E-state index in [1.165, 1.54) is 4.90 Å². The third-order valence-corrected chi connectivity index (χ3v) is 6.01. The van der Waals surface area contributed by atoms with Gasteiger partial charge in [0.1, 0.15) is 11.6 Å². The average Bonchev–Trinajstić information content (AvgIpc) is 3.12. The van der Waals surface area contributed by atoms with Gasteiger partial charge in [0.25, 0.3) is 0 Å². The highest BCUT2D eigenvalue weighted by Crippen LogP contribution is 2.29. The van der Waals surface area contributed by atoms with Crippen molar-refractivity contribution in [2.75, 3.05) is 38.1 Å². The Bertz CT molecular complexity index is 789. The minimum absolute atomic E-state index is 0.0234. The molecule has 164 valence electrons. The molecule has 1 aromatic rings. The topological polar surface area (TPSA) is 60.9 Å². The van der Waals surface area contributed by atoms with Crippen LogP contribution in [-0.2, 0) is 14.4 Å². The molecule has 0 N–H and O–H groups in total. The second-order valence-corrected chi connectivity index (χ2v) is 8.25. The van der Waals surface area contributed by atoms with E-state index in [1.807, 2.05) is 7.05 Å². The number of piperidine rings is 1. The molecule has 0 spiro atoms. The van der Waals surface area contributed by atoms with Gasteiger partial charge in [0.05, 0.1) is 5.92 Å². The van der Waals surface area contributed by atoms with Crippen molar-refractivity contribution in [2.45, 2.75) is 39.0 Å². The lowest BCUT2D eigenvalue weighted by Crippen LogP contribution is -2.45. The number of hydrogen-bond donors (Lipinski definition) is 0. The summed E-state index contributed by atoms with van der Waals surface area (Å²) in [4.78, 5) is 42.6. The number of rotatable bonds is 6. The van der Waals surface area contributed by atoms with E-state index < -0.39 is 17.6 Å². The van der Waals surface area contributed by atoms with Gasteiger partial charge >= 0.3 is 0 Å². The average molecular weight is 421 g/mol. The summed E-state index contributed by atoms with van der Waals surface area (Å²) >= 11 is 0. The molecule has 0 aromatic heterocycles. The Kier molecular flexibility index (Phi) is 7.05. The Hall–Kier alpha value is -2.51. The molecule has 8 heteroatoms. The number of benzene rings is 1. The first-order valence-corrected chi connectivity index (χ1v) is 10.6. The SMILES string of the molecule is CCCCN(C)C(=O)C1CCN(C(=O)C2CC(=O)N(c3cc(F)cc(F)c3)C2)CC1. The molecule has 3 rings (SSSR count). The van der Waals surface area contributed by atoms with Gasteiger partial charge in [-0.15, -0.1) is 0 Å². The van der Waals surface area contributed by atoms with E-state index in [2.05, 4.69) is 6.92 Å². The predicted molar refractivity (Wildman–Crippen MR) is 109 cm³/mol. The van der Waals surface area contributed by atoms with Crippen LogP contribution in [0.25, 0.3) is 0 Å². The monoisotopic (exact) mass is 421 g/mol. The van der Waals surface area contributed by atoms with Crippen molar-refractivity contribution in [3.63, 3.8) is 0 Å². The van der Waals surface area contributed by atoms with E-state index in [4.69, 9.17) is 0 Å². The highest BCUT2D eigenvalue weighted by atomic mass is 19.1. The van der Waals surface area contributed by atoms with Crippen molar-refractivity contribution in [1.29, 1.82) is 0 Å². The van der Waals surface area contributed by atoms with Gasteiger partial charge in [0.2, 0.25) is 17.7 Å². The molecular weight excluding hydrogens is 392 g/mol. The van der Waals surface area contributed by atoms with Crippen molar-refractivity contribution in [1.82, 2.24) is 9.80 Å². The van der Waals surface area contributed by atoms with Crippen molar-refractivity contribution >= 4 is 23.4 Å². The van der Waals surface area contributed by atoms with Crippen LogP contribution in [0.2, 0.25) is 0 Å². The van der Waals surface area contributed by atoms with Gasteiger partial charge in [-0.05, 0) is 31.4 Å². The molecule has 2 saturated heterocycles. The lowest BCUT2D eigenvalue weighted by Gasteiger charge is -2.34. The van der Waals surface area contributed by atoms with Crippen LogP contribution in [0.4, 0.5) is 14.5 Å². The number of halogens is 2. The molecule has 3 amide bonds. The molecule has 0 aliphatic carbocycles. The smallest absolute Gasteiger partial charge is 0.228 e. The van der Waals surface area contributed by atoms with Crippen LogP contribution >= 0.6 is 0 Å². The highest BCUT2D eigenvalue weighted by molar-refractivity contribution is 6.00. The quantitative estimate of drug-likeness (QED) is 0.710. The maximum Gasteiger partial charge on any atom is 0.228 e. The predicted octanol–water partition coefficient (Wildman–Crippen LogP) is 2.81. The summed E-state index contributed by atoms with van der Waals surface area (Å²) in [5.74, 6) is -2.46. The zero-order chi connectivity index (χ0) is 21.8. The Morgan fingerprint density at radius 1 is 1.10 bits per heavy atom. The second-order valence-electron chi connectivity index (χ2n) is 8.25. The van der Waals surface area contributed by atoms with Gasteiger partial charge in [-0.3, -0.25) is 14.4 Å². The largest absolute Gasteiger partial charge is 0.346 e. The van der Waals surface area contributed by atoms with Crippen molar-refractivity contribution in [3.8, 4) is 0 Å². The molecule has 2 aliphatic heterocycles. The van der Waals surface area contributed by atoms with Crippen LogP contribution in [0.5, 0.6) is 0 Å². The molecule has 1 unspecified atom stereocenters. The van der Waals surface area contributed by atoms with E-state index >= 15 is 0 Å². The van der Waals surface area contributed by atoms with Gasteiger partial charge in [-0.25, -0.2) is 8.78 Å². The molecule has 1 atom stereocenters. The van der Waals surface area contributed by atoms with E-state index in [0.29, 0.717) is 25.9 Å². The van der Waals surface area contributed by atoms with Crippen LogP contribution in [0.15, 0.2) is 18.2 Å². The van der Waals surface area contributed by atoms with E-state index in [9.17, 15) is 23.2 Å². The highest BCUT2D eigenvalue weighted by Gasteiger charge is 2.39. The normalized spacial score (nSPS) is 20.0. The third kappa shape index (κ3) is 4.96. The molecule has 6 nitrogen and oxygen atoms in total. The number of anilines is 1. The lowest BCUT2D eigenvalue weighted by atomic mass is 9.94. The van der Waals surface area contributed by atoms with Crippen molar-refractivity contribution in [3.05, 3.63) is 29.8 Å². The molecule has 2 heterocycles. The number of likely N-dealkylation sites (tertiary alicyclic amines) is 1. The Labute approximate surface area is 175 Å². The number of hydrogen-bond acceptors (Lipinski definition) is 3. The molecule has 2 aliphatic rings. The van der Waals surface area contributed by atoms with Crippen LogP contribution in [-0.4, -0.2) is 60.7 Å². The maximum absolute atomic E-state index is 13.5. The minimum Gasteiger partial charge on any atom is -0.346 e. The first kappa shape index (κ1) is 22.2. The molecule has 30 heavy (non-hydrogen) atoms. The fourth-order valence-electron chi connectivity index (χ4n) is 4.24. The minimum atomic E-state index is -0.761. The Morgan fingerprint density at radius 2 is 1.73 bits per heavy atom. The molecule has 1 aromatic carbocycles. The first-order chi connectivity index (χ1) is 14.3. The lowest BCUT2D eigenvalue weighted by molar-refractivity contribution is -0.141. The fourth-order valence-corrected chi connectivity index (χ4v) is 4.24. The van der Waals surface area contributed by atoms with Crippen LogP contribution < -0.4 is 4.90 Å². The number of unbranched alkanes of at least 4 members (excludes halogenated alkanes) is 1. The van der Waals surface area contributed by atoms with E-state index in [-0.39, 0.29) is 42.3 Å². The molecule has 0 radical (unpaired) electrons. The number of nitrogens with zero attached hydrogens (tertiary/aromatic N) is 3. The number of carbonyl (C=O) groups excluding carboxylic acids is 3. The zero-order valence-electron chi connectivity index (χ0n) is 17.6. The van der Waals surface area contributed by atoms with Crippen LogP contribution in [0.3, 0.4) is 0 Å². The van der Waals surface area contributed by atoms with E-state index in [1.54, 1.807) is 9.80 Å². The van der Waals surface area contributed by atoms with Gasteiger partial charge in [-0.1, -0.05) is 13.3 Å². The number of amides is 3. The molecule has 2 fully saturated rings. The van der Waals surface area contributed by atoms with Gasteiger partial charge in [0.15, 0.2) is 0 Å². The Morgan fingerprint density at radius 3 is 2.33 bits per heavy atom. The molecule has 0 bridgehead atoms. The standard InChI is InChI=1S/C22H29F2N3O3/c1-3-4-7-25(2)21(29)15-5-8-26(9-6-15)22(30)16-10-20(28)27(14-16)19-12-17(23)11-18(24)13-19/h11-13,15-16H,3-10,14H2,1-2H3. The number of carbonyl (C=O) groups is 3. The van der Waals surface area contributed by atoms with Crippen molar-refractivity contribution in [2.24, 2.45) is 11.8 Å².